The number of thiazole rings is 1. The normalized spacial score (nSPS) is 10.3. The van der Waals surface area contributed by atoms with E-state index in [9.17, 15) is 4.79 Å². The maximum absolute atomic E-state index is 11.8. The Balaban J connectivity index is 2.41. The van der Waals surface area contributed by atoms with Crippen LogP contribution < -0.4 is 16.4 Å². The fourth-order valence-corrected chi connectivity index (χ4v) is 2.19. The summed E-state index contributed by atoms with van der Waals surface area (Å²) in [7, 11) is 0. The van der Waals surface area contributed by atoms with E-state index in [0.29, 0.717) is 29.8 Å². The predicted molar refractivity (Wildman–Crippen MR) is 74.1 cm³/mol. The molecule has 6 nitrogen and oxygen atoms in total. The van der Waals surface area contributed by atoms with Crippen LogP contribution in [0, 0.1) is 0 Å². The Hall–Kier alpha value is -1.34. The van der Waals surface area contributed by atoms with Gasteiger partial charge >= 0.3 is 0 Å². The third-order valence-electron chi connectivity index (χ3n) is 2.14. The summed E-state index contributed by atoms with van der Waals surface area (Å²) in [4.78, 5) is 16.4. The first kappa shape index (κ1) is 14.7. The van der Waals surface area contributed by atoms with Crippen LogP contribution in [0.15, 0.2) is 0 Å². The third kappa shape index (κ3) is 4.50. The van der Waals surface area contributed by atoms with Crippen molar-refractivity contribution in [1.29, 1.82) is 0 Å². The van der Waals surface area contributed by atoms with E-state index in [1.807, 2.05) is 13.8 Å². The number of anilines is 2. The zero-order valence-corrected chi connectivity index (χ0v) is 11.6. The van der Waals surface area contributed by atoms with Gasteiger partial charge in [0.25, 0.3) is 5.91 Å². The lowest BCUT2D eigenvalue weighted by atomic mass is 10.4. The fraction of sp³-hybridized carbons (Fsp3) is 0.636. The van der Waals surface area contributed by atoms with Crippen molar-refractivity contribution in [3.8, 4) is 0 Å². The van der Waals surface area contributed by atoms with Gasteiger partial charge in [-0.05, 0) is 20.3 Å². The lowest BCUT2D eigenvalue weighted by molar-refractivity contribution is 0.0949. The lowest BCUT2D eigenvalue weighted by Gasteiger charge is -2.03. The van der Waals surface area contributed by atoms with Crippen LogP contribution in [0.25, 0.3) is 0 Å². The number of hydrogen-bond acceptors (Lipinski definition) is 6. The van der Waals surface area contributed by atoms with Gasteiger partial charge in [0.2, 0.25) is 0 Å². The number of carbonyl (C=O) groups excluding carboxylic acids is 1. The lowest BCUT2D eigenvalue weighted by Crippen LogP contribution is -2.25. The molecule has 4 N–H and O–H groups in total. The number of nitrogens with two attached hydrogens (primary N) is 1. The molecule has 7 heteroatoms. The molecule has 1 aromatic rings. The fourth-order valence-electron chi connectivity index (χ4n) is 1.32. The SMILES string of the molecule is CCNc1nc(N)c(C(=O)NCCCOCC)s1. The summed E-state index contributed by atoms with van der Waals surface area (Å²) in [5, 5.41) is 6.51. The summed E-state index contributed by atoms with van der Waals surface area (Å²) in [5.41, 5.74) is 5.70. The van der Waals surface area contributed by atoms with Crippen molar-refractivity contribution >= 4 is 28.2 Å². The Morgan fingerprint density at radius 2 is 2.28 bits per heavy atom. The van der Waals surface area contributed by atoms with Crippen molar-refractivity contribution in [1.82, 2.24) is 10.3 Å². The van der Waals surface area contributed by atoms with Crippen LogP contribution in [0.5, 0.6) is 0 Å². The minimum absolute atomic E-state index is 0.175. The second kappa shape index (κ2) is 7.88. The molecule has 0 bridgehead atoms. The Kier molecular flexibility index (Phi) is 6.45. The maximum atomic E-state index is 11.8. The first-order valence-electron chi connectivity index (χ1n) is 6.05. The van der Waals surface area contributed by atoms with Gasteiger partial charge in [0.15, 0.2) is 5.13 Å². The number of nitrogens with zero attached hydrogens (tertiary/aromatic N) is 1. The Morgan fingerprint density at radius 1 is 1.50 bits per heavy atom. The molecule has 1 amide bonds. The smallest absolute Gasteiger partial charge is 0.265 e. The highest BCUT2D eigenvalue weighted by Crippen LogP contribution is 2.24. The number of nitrogens with one attached hydrogen (secondary N) is 2. The van der Waals surface area contributed by atoms with E-state index in [2.05, 4.69) is 15.6 Å². The van der Waals surface area contributed by atoms with E-state index in [1.54, 1.807) is 0 Å². The molecule has 0 aliphatic rings. The standard InChI is InChI=1S/C11H20N4O2S/c1-3-13-11-15-9(12)8(18-11)10(16)14-6-5-7-17-4-2/h3-7,12H2,1-2H3,(H,13,15)(H,14,16). The molecule has 1 heterocycles. The monoisotopic (exact) mass is 272 g/mol. The van der Waals surface area contributed by atoms with Gasteiger partial charge in [-0.2, -0.15) is 0 Å². The van der Waals surface area contributed by atoms with E-state index in [0.717, 1.165) is 13.0 Å². The van der Waals surface area contributed by atoms with Gasteiger partial charge in [0.1, 0.15) is 10.7 Å². The van der Waals surface area contributed by atoms with Crippen molar-refractivity contribution in [3.63, 3.8) is 0 Å². The number of aromatic nitrogens is 1. The predicted octanol–water partition coefficient (Wildman–Crippen LogP) is 1.31. The highest BCUT2D eigenvalue weighted by Gasteiger charge is 2.15. The zero-order valence-electron chi connectivity index (χ0n) is 10.8. The van der Waals surface area contributed by atoms with Gasteiger partial charge in [0, 0.05) is 26.3 Å². The second-order valence-corrected chi connectivity index (χ2v) is 4.57. The number of hydrogen-bond donors (Lipinski definition) is 3. The number of amides is 1. The van der Waals surface area contributed by atoms with E-state index < -0.39 is 0 Å². The minimum Gasteiger partial charge on any atom is -0.382 e. The van der Waals surface area contributed by atoms with Crippen LogP contribution in [0.4, 0.5) is 10.9 Å². The van der Waals surface area contributed by atoms with E-state index in [-0.39, 0.29) is 11.7 Å². The molecule has 0 aliphatic heterocycles. The van der Waals surface area contributed by atoms with Crippen LogP contribution in [0.3, 0.4) is 0 Å². The first-order valence-corrected chi connectivity index (χ1v) is 6.86. The molecule has 1 aromatic heterocycles. The van der Waals surface area contributed by atoms with Crippen molar-refractivity contribution in [2.75, 3.05) is 37.4 Å². The van der Waals surface area contributed by atoms with Crippen LogP contribution in [0.2, 0.25) is 0 Å². The number of carbonyl (C=O) groups is 1. The largest absolute Gasteiger partial charge is 0.382 e. The topological polar surface area (TPSA) is 89.3 Å². The maximum Gasteiger partial charge on any atom is 0.265 e. The summed E-state index contributed by atoms with van der Waals surface area (Å²) in [6.45, 7) is 6.58. The highest BCUT2D eigenvalue weighted by molar-refractivity contribution is 7.18. The van der Waals surface area contributed by atoms with Crippen LogP contribution in [0.1, 0.15) is 29.9 Å². The molecule has 1 rings (SSSR count). The van der Waals surface area contributed by atoms with Gasteiger partial charge in [-0.25, -0.2) is 4.98 Å². The Bertz CT molecular complexity index is 381. The third-order valence-corrected chi connectivity index (χ3v) is 3.17. The van der Waals surface area contributed by atoms with E-state index in [1.165, 1.54) is 11.3 Å². The quantitative estimate of drug-likeness (QED) is 0.621. The minimum atomic E-state index is -0.175. The van der Waals surface area contributed by atoms with Crippen molar-refractivity contribution < 1.29 is 9.53 Å². The number of ether oxygens (including phenoxy) is 1. The molecule has 0 aliphatic carbocycles. The van der Waals surface area contributed by atoms with Crippen molar-refractivity contribution in [2.45, 2.75) is 20.3 Å². The second-order valence-electron chi connectivity index (χ2n) is 3.57. The van der Waals surface area contributed by atoms with Crippen molar-refractivity contribution in [2.24, 2.45) is 0 Å². The molecule has 0 spiro atoms. The molecule has 0 saturated heterocycles. The van der Waals surface area contributed by atoms with Gasteiger partial charge < -0.3 is 21.1 Å². The molecule has 0 fully saturated rings. The highest BCUT2D eigenvalue weighted by atomic mass is 32.1. The molecule has 0 atom stereocenters. The molecule has 0 saturated carbocycles. The van der Waals surface area contributed by atoms with Gasteiger partial charge in [-0.15, -0.1) is 0 Å². The summed E-state index contributed by atoms with van der Waals surface area (Å²) < 4.78 is 5.19. The van der Waals surface area contributed by atoms with Crippen LogP contribution in [-0.2, 0) is 4.74 Å². The van der Waals surface area contributed by atoms with E-state index >= 15 is 0 Å². The summed E-state index contributed by atoms with van der Waals surface area (Å²) >= 11 is 1.27. The van der Waals surface area contributed by atoms with Gasteiger partial charge in [-0.1, -0.05) is 11.3 Å². The average molecular weight is 272 g/mol. The van der Waals surface area contributed by atoms with Gasteiger partial charge in [0.05, 0.1) is 0 Å². The molecular formula is C11H20N4O2S. The Labute approximate surface area is 111 Å². The summed E-state index contributed by atoms with van der Waals surface area (Å²) in [6.07, 6.45) is 0.790. The average Bonchev–Trinajstić information content (AvgIpc) is 2.70. The Morgan fingerprint density at radius 3 is 2.94 bits per heavy atom. The van der Waals surface area contributed by atoms with Gasteiger partial charge in [-0.3, -0.25) is 4.79 Å². The number of nitrogen functional groups attached to an aromatic ring is 1. The summed E-state index contributed by atoms with van der Waals surface area (Å²) in [6, 6.07) is 0. The van der Waals surface area contributed by atoms with Crippen molar-refractivity contribution in [3.05, 3.63) is 4.88 Å². The van der Waals surface area contributed by atoms with Crippen LogP contribution in [-0.4, -0.2) is 37.2 Å². The van der Waals surface area contributed by atoms with Crippen LogP contribution >= 0.6 is 11.3 Å². The number of rotatable bonds is 8. The molecule has 0 radical (unpaired) electrons. The van der Waals surface area contributed by atoms with E-state index in [4.69, 9.17) is 10.5 Å². The first-order chi connectivity index (χ1) is 8.69. The molecular weight excluding hydrogens is 252 g/mol. The molecule has 0 unspecified atom stereocenters. The molecule has 0 aromatic carbocycles. The molecule has 102 valence electrons. The zero-order chi connectivity index (χ0) is 13.4. The molecule has 18 heavy (non-hydrogen) atoms. The summed E-state index contributed by atoms with van der Waals surface area (Å²) in [5.74, 6) is 0.101.